The van der Waals surface area contributed by atoms with E-state index in [-0.39, 0.29) is 18.4 Å². The lowest BCUT2D eigenvalue weighted by Crippen LogP contribution is -2.55. The van der Waals surface area contributed by atoms with Crippen molar-refractivity contribution in [2.45, 2.75) is 37.9 Å². The monoisotopic (exact) mass is 551 g/mol. The van der Waals surface area contributed by atoms with Gasteiger partial charge in [0.15, 0.2) is 0 Å². The number of rotatable bonds is 8. The van der Waals surface area contributed by atoms with Crippen LogP contribution in [0.5, 0.6) is 6.01 Å². The third kappa shape index (κ3) is 5.44. The molecule has 41 heavy (non-hydrogen) atoms. The third-order valence-corrected chi connectivity index (χ3v) is 8.67. The standard InChI is InChI=1S/C32H37N7O2/c1-4-30(40)39-17-16-38(19-24(39)12-14-33)31-26-13-15-37(28-11-7-9-22-8-5-6-10-25(22)28)20-27(26)34-32(35-31)41-21-23-18-29(23)36(2)3/h4-11,23-24,29H,1,12-13,15-21H2,2-3H3/t23?,24-,29?/m0/s1. The predicted molar refractivity (Wildman–Crippen MR) is 160 cm³/mol. The average Bonchev–Trinajstić information content (AvgIpc) is 3.79. The van der Waals surface area contributed by atoms with Crippen LogP contribution < -0.4 is 14.5 Å². The fourth-order valence-electron chi connectivity index (χ4n) is 6.36. The Labute approximate surface area is 241 Å². The van der Waals surface area contributed by atoms with Gasteiger partial charge in [0.25, 0.3) is 0 Å². The molecule has 0 N–H and O–H groups in total. The molecule has 1 aliphatic carbocycles. The predicted octanol–water partition coefficient (Wildman–Crippen LogP) is 3.64. The van der Waals surface area contributed by atoms with E-state index < -0.39 is 0 Å². The number of ether oxygens (including phenoxy) is 1. The van der Waals surface area contributed by atoms with Gasteiger partial charge in [-0.2, -0.15) is 15.2 Å². The highest BCUT2D eigenvalue weighted by Gasteiger charge is 2.40. The number of nitriles is 1. The van der Waals surface area contributed by atoms with Crippen molar-refractivity contribution < 1.29 is 9.53 Å². The highest BCUT2D eigenvalue weighted by Crippen LogP contribution is 2.37. The highest BCUT2D eigenvalue weighted by atomic mass is 16.5. The van der Waals surface area contributed by atoms with Crippen LogP contribution in [-0.2, 0) is 17.8 Å². The van der Waals surface area contributed by atoms with Crippen molar-refractivity contribution in [3.05, 3.63) is 66.4 Å². The molecule has 212 valence electrons. The molecule has 2 unspecified atom stereocenters. The average molecular weight is 552 g/mol. The van der Waals surface area contributed by atoms with Gasteiger partial charge >= 0.3 is 6.01 Å². The molecule has 9 nitrogen and oxygen atoms in total. The van der Waals surface area contributed by atoms with Gasteiger partial charge in [0, 0.05) is 54.8 Å². The van der Waals surface area contributed by atoms with Gasteiger partial charge in [-0.05, 0) is 44.5 Å². The summed E-state index contributed by atoms with van der Waals surface area (Å²) in [5.74, 6) is 1.22. The molecule has 2 aliphatic heterocycles. The number of amides is 1. The number of anilines is 2. The Morgan fingerprint density at radius 3 is 2.76 bits per heavy atom. The van der Waals surface area contributed by atoms with Gasteiger partial charge in [-0.3, -0.25) is 4.79 Å². The first kappa shape index (κ1) is 27.0. The number of benzene rings is 2. The molecule has 3 aromatic rings. The molecule has 3 heterocycles. The second kappa shape index (κ2) is 11.4. The molecule has 1 saturated carbocycles. The normalized spacial score (nSPS) is 21.9. The summed E-state index contributed by atoms with van der Waals surface area (Å²) in [5, 5.41) is 12.0. The summed E-state index contributed by atoms with van der Waals surface area (Å²) in [7, 11) is 4.21. The molecule has 2 fully saturated rings. The maximum atomic E-state index is 12.5. The summed E-state index contributed by atoms with van der Waals surface area (Å²) in [6.45, 7) is 7.43. The Hall–Kier alpha value is -4.16. The van der Waals surface area contributed by atoms with Crippen LogP contribution in [0.4, 0.5) is 11.5 Å². The molecule has 9 heteroatoms. The summed E-state index contributed by atoms with van der Waals surface area (Å²) in [4.78, 5) is 31.0. The second-order valence-electron chi connectivity index (χ2n) is 11.5. The molecule has 0 bridgehead atoms. The van der Waals surface area contributed by atoms with Gasteiger partial charge in [-0.15, -0.1) is 0 Å². The maximum Gasteiger partial charge on any atom is 0.318 e. The van der Waals surface area contributed by atoms with Crippen LogP contribution in [0.25, 0.3) is 10.8 Å². The van der Waals surface area contributed by atoms with Crippen LogP contribution in [0.3, 0.4) is 0 Å². The van der Waals surface area contributed by atoms with Crippen LogP contribution >= 0.6 is 0 Å². The van der Waals surface area contributed by atoms with E-state index in [0.717, 1.165) is 36.5 Å². The van der Waals surface area contributed by atoms with Crippen LogP contribution in [0.1, 0.15) is 24.1 Å². The van der Waals surface area contributed by atoms with Gasteiger partial charge in [-0.25, -0.2) is 0 Å². The maximum absolute atomic E-state index is 12.5. The minimum absolute atomic E-state index is 0.135. The van der Waals surface area contributed by atoms with E-state index in [9.17, 15) is 10.1 Å². The van der Waals surface area contributed by atoms with Gasteiger partial charge in [0.2, 0.25) is 5.91 Å². The number of fused-ring (bicyclic) bond motifs is 2. The SMILES string of the molecule is C=CC(=O)N1CCN(c2nc(OCC3CC3N(C)C)nc3c2CCN(c2cccc4ccccc24)C3)C[C@@H]1CC#N. The smallest absolute Gasteiger partial charge is 0.318 e. The fourth-order valence-corrected chi connectivity index (χ4v) is 6.36. The van der Waals surface area contributed by atoms with Crippen LogP contribution in [0.15, 0.2) is 55.1 Å². The summed E-state index contributed by atoms with van der Waals surface area (Å²) >= 11 is 0. The molecule has 1 aromatic heterocycles. The summed E-state index contributed by atoms with van der Waals surface area (Å²) < 4.78 is 6.25. The number of carbonyl (C=O) groups is 1. The van der Waals surface area contributed by atoms with E-state index in [4.69, 9.17) is 14.7 Å². The first-order valence-electron chi connectivity index (χ1n) is 14.4. The lowest BCUT2D eigenvalue weighted by atomic mass is 10.0. The molecule has 3 aliphatic rings. The Kier molecular flexibility index (Phi) is 7.50. The lowest BCUT2D eigenvalue weighted by Gasteiger charge is -2.42. The second-order valence-corrected chi connectivity index (χ2v) is 11.5. The molecule has 0 radical (unpaired) electrons. The molecule has 1 saturated heterocycles. The molecular formula is C32H37N7O2. The number of piperazine rings is 1. The van der Waals surface area contributed by atoms with Crippen LogP contribution in [0.2, 0.25) is 0 Å². The highest BCUT2D eigenvalue weighted by molar-refractivity contribution is 5.94. The first-order valence-corrected chi connectivity index (χ1v) is 14.4. The Bertz CT molecular complexity index is 1490. The zero-order chi connectivity index (χ0) is 28.5. The Morgan fingerprint density at radius 1 is 1.15 bits per heavy atom. The molecule has 3 atom stereocenters. The number of nitrogens with zero attached hydrogens (tertiary/aromatic N) is 7. The van der Waals surface area contributed by atoms with Crippen LogP contribution in [-0.4, -0.2) is 84.6 Å². The topological polar surface area (TPSA) is 88.8 Å². The Balaban J connectivity index is 1.31. The quantitative estimate of drug-likeness (QED) is 0.392. The third-order valence-electron chi connectivity index (χ3n) is 8.67. The summed E-state index contributed by atoms with van der Waals surface area (Å²) in [5.41, 5.74) is 3.31. The van der Waals surface area contributed by atoms with Crippen molar-refractivity contribution in [2.75, 3.05) is 56.7 Å². The van der Waals surface area contributed by atoms with E-state index in [1.54, 1.807) is 4.90 Å². The molecule has 0 spiro atoms. The lowest BCUT2D eigenvalue weighted by molar-refractivity contribution is -0.128. The van der Waals surface area contributed by atoms with Gasteiger partial charge in [0.1, 0.15) is 5.82 Å². The molecule has 2 aromatic carbocycles. The van der Waals surface area contributed by atoms with Crippen molar-refractivity contribution in [2.24, 2.45) is 5.92 Å². The number of aromatic nitrogens is 2. The first-order chi connectivity index (χ1) is 20.0. The minimum Gasteiger partial charge on any atom is -0.463 e. The molecular weight excluding hydrogens is 514 g/mol. The Morgan fingerprint density at radius 2 is 1.98 bits per heavy atom. The van der Waals surface area contributed by atoms with E-state index in [0.29, 0.717) is 50.8 Å². The van der Waals surface area contributed by atoms with Crippen molar-refractivity contribution in [3.8, 4) is 12.1 Å². The molecule has 1 amide bonds. The van der Waals surface area contributed by atoms with Crippen molar-refractivity contribution in [1.29, 1.82) is 5.26 Å². The van der Waals surface area contributed by atoms with E-state index >= 15 is 0 Å². The zero-order valence-electron chi connectivity index (χ0n) is 23.9. The van der Waals surface area contributed by atoms with Crippen molar-refractivity contribution >= 4 is 28.2 Å². The number of hydrogen-bond acceptors (Lipinski definition) is 8. The van der Waals surface area contributed by atoms with Crippen molar-refractivity contribution in [1.82, 2.24) is 19.8 Å². The zero-order valence-corrected chi connectivity index (χ0v) is 23.9. The largest absolute Gasteiger partial charge is 0.463 e. The van der Waals surface area contributed by atoms with Crippen molar-refractivity contribution in [3.63, 3.8) is 0 Å². The van der Waals surface area contributed by atoms with Crippen LogP contribution in [0, 0.1) is 17.2 Å². The van der Waals surface area contributed by atoms with E-state index in [2.05, 4.69) is 83.9 Å². The van der Waals surface area contributed by atoms with Gasteiger partial charge in [-0.1, -0.05) is 43.0 Å². The van der Waals surface area contributed by atoms with E-state index in [1.807, 2.05) is 0 Å². The van der Waals surface area contributed by atoms with Gasteiger partial charge < -0.3 is 24.3 Å². The fraction of sp³-hybridized carbons (Fsp3) is 0.438. The molecule has 6 rings (SSSR count). The summed E-state index contributed by atoms with van der Waals surface area (Å²) in [6, 6.07) is 17.9. The number of carbonyl (C=O) groups excluding carboxylic acids is 1. The number of hydrogen-bond donors (Lipinski definition) is 0. The summed E-state index contributed by atoms with van der Waals surface area (Å²) in [6.07, 6.45) is 3.51. The minimum atomic E-state index is -0.225. The van der Waals surface area contributed by atoms with Gasteiger partial charge in [0.05, 0.1) is 37.4 Å². The van der Waals surface area contributed by atoms with E-state index in [1.165, 1.54) is 22.5 Å².